The second-order valence-electron chi connectivity index (χ2n) is 10.4. The summed E-state index contributed by atoms with van der Waals surface area (Å²) in [5.74, 6) is 1.61. The van der Waals surface area contributed by atoms with Crippen molar-refractivity contribution >= 4 is 5.78 Å². The van der Waals surface area contributed by atoms with E-state index in [0.29, 0.717) is 39.9 Å². The van der Waals surface area contributed by atoms with Gasteiger partial charge in [0.2, 0.25) is 0 Å². The highest BCUT2D eigenvalue weighted by molar-refractivity contribution is 6.01. The standard InChI is InChI=1S/C20H31NO/c1-12(16-15(22)7-14-17(16)19(14,4)5)21-11-20(6)9-13(21)8-18(2,3)10-20/h13-14,17H,7-11H2,1-6H3/t13?,14-,17-,20?/m1/s1. The minimum absolute atomic E-state index is 0.364. The van der Waals surface area contributed by atoms with Gasteiger partial charge in [-0.25, -0.2) is 0 Å². The Kier molecular flexibility index (Phi) is 2.68. The van der Waals surface area contributed by atoms with Crippen LogP contribution in [0.25, 0.3) is 0 Å². The third kappa shape index (κ3) is 1.88. The zero-order chi connectivity index (χ0) is 16.1. The molecule has 4 atom stereocenters. The molecule has 1 aliphatic heterocycles. The summed E-state index contributed by atoms with van der Waals surface area (Å²) in [6.45, 7) is 15.4. The molecule has 3 saturated carbocycles. The van der Waals surface area contributed by atoms with Gasteiger partial charge in [-0.15, -0.1) is 0 Å². The van der Waals surface area contributed by atoms with Gasteiger partial charge in [0.25, 0.3) is 0 Å². The SMILES string of the molecule is CC(=C1C(=O)C[C@@H]2[C@H]1C2(C)C)N1CC2(C)CC1CC(C)(C)C2. The van der Waals surface area contributed by atoms with Crippen molar-refractivity contribution in [2.45, 2.75) is 73.3 Å². The Hall–Kier alpha value is -0.790. The molecule has 22 heavy (non-hydrogen) atoms. The van der Waals surface area contributed by atoms with Crippen LogP contribution >= 0.6 is 0 Å². The predicted molar refractivity (Wildman–Crippen MR) is 89.3 cm³/mol. The Morgan fingerprint density at radius 1 is 1.14 bits per heavy atom. The van der Waals surface area contributed by atoms with Gasteiger partial charge in [-0.1, -0.05) is 34.6 Å². The lowest BCUT2D eigenvalue weighted by molar-refractivity contribution is -0.115. The van der Waals surface area contributed by atoms with E-state index >= 15 is 0 Å². The van der Waals surface area contributed by atoms with E-state index in [-0.39, 0.29) is 0 Å². The molecule has 3 aliphatic carbocycles. The van der Waals surface area contributed by atoms with Crippen LogP contribution in [0, 0.1) is 28.1 Å². The van der Waals surface area contributed by atoms with Crippen LogP contribution in [0.3, 0.4) is 0 Å². The Labute approximate surface area is 135 Å². The smallest absolute Gasteiger partial charge is 0.161 e. The van der Waals surface area contributed by atoms with Gasteiger partial charge < -0.3 is 4.90 Å². The number of rotatable bonds is 1. The monoisotopic (exact) mass is 301 g/mol. The summed E-state index contributed by atoms with van der Waals surface area (Å²) in [7, 11) is 0. The Morgan fingerprint density at radius 3 is 2.45 bits per heavy atom. The van der Waals surface area contributed by atoms with Gasteiger partial charge in [0.15, 0.2) is 5.78 Å². The first kappa shape index (κ1) is 14.8. The molecular formula is C20H31NO. The quantitative estimate of drug-likeness (QED) is 0.669. The zero-order valence-electron chi connectivity index (χ0n) is 15.1. The number of allylic oxidation sites excluding steroid dienone is 2. The molecule has 4 rings (SSSR count). The number of nitrogens with zero attached hydrogens (tertiary/aromatic N) is 1. The number of fused-ring (bicyclic) bond motifs is 3. The summed E-state index contributed by atoms with van der Waals surface area (Å²) >= 11 is 0. The van der Waals surface area contributed by atoms with Crippen molar-refractivity contribution in [2.24, 2.45) is 28.1 Å². The minimum Gasteiger partial charge on any atom is -0.371 e. The van der Waals surface area contributed by atoms with E-state index in [1.807, 2.05) is 0 Å². The number of Topliss-reactive ketones (excluding diaryl/α,β-unsaturated/α-hetero) is 1. The van der Waals surface area contributed by atoms with E-state index in [2.05, 4.69) is 46.4 Å². The lowest BCUT2D eigenvalue weighted by Crippen LogP contribution is -2.34. The van der Waals surface area contributed by atoms with Gasteiger partial charge in [0.05, 0.1) is 0 Å². The summed E-state index contributed by atoms with van der Waals surface area (Å²) in [6, 6.07) is 0.648. The molecule has 2 nitrogen and oxygen atoms in total. The molecule has 0 radical (unpaired) electrons. The summed E-state index contributed by atoms with van der Waals surface area (Å²) in [6.07, 6.45) is 4.71. The van der Waals surface area contributed by atoms with Crippen molar-refractivity contribution < 1.29 is 4.79 Å². The molecule has 0 amide bonds. The number of ketones is 1. The molecule has 4 fully saturated rings. The molecule has 0 aromatic rings. The average Bonchev–Trinajstić information content (AvgIpc) is 2.70. The molecule has 2 unspecified atom stereocenters. The maximum Gasteiger partial charge on any atom is 0.161 e. The second-order valence-corrected chi connectivity index (χ2v) is 10.4. The van der Waals surface area contributed by atoms with E-state index in [1.165, 1.54) is 30.5 Å². The van der Waals surface area contributed by atoms with E-state index in [9.17, 15) is 4.79 Å². The average molecular weight is 301 g/mol. The fraction of sp³-hybridized carbons (Fsp3) is 0.850. The molecule has 1 saturated heterocycles. The lowest BCUT2D eigenvalue weighted by atomic mass is 9.65. The van der Waals surface area contributed by atoms with Crippen molar-refractivity contribution in [3.8, 4) is 0 Å². The van der Waals surface area contributed by atoms with Crippen molar-refractivity contribution in [2.75, 3.05) is 6.54 Å². The summed E-state index contributed by atoms with van der Waals surface area (Å²) in [5.41, 5.74) is 3.77. The number of hydrogen-bond donors (Lipinski definition) is 0. The van der Waals surface area contributed by atoms with E-state index < -0.39 is 0 Å². The van der Waals surface area contributed by atoms with Gasteiger partial charge in [-0.2, -0.15) is 0 Å². The van der Waals surface area contributed by atoms with Crippen LogP contribution in [-0.2, 0) is 4.79 Å². The highest BCUT2D eigenvalue weighted by Gasteiger charge is 2.66. The van der Waals surface area contributed by atoms with Crippen LogP contribution in [0.15, 0.2) is 11.3 Å². The van der Waals surface area contributed by atoms with Gasteiger partial charge in [-0.3, -0.25) is 4.79 Å². The predicted octanol–water partition coefficient (Wildman–Crippen LogP) is 4.41. The number of likely N-dealkylation sites (tertiary alicyclic amines) is 1. The topological polar surface area (TPSA) is 20.3 Å². The third-order valence-corrected chi connectivity index (χ3v) is 7.30. The normalized spacial score (nSPS) is 46.7. The van der Waals surface area contributed by atoms with Crippen LogP contribution in [0.2, 0.25) is 0 Å². The summed E-state index contributed by atoms with van der Waals surface area (Å²) in [5, 5.41) is 0. The maximum atomic E-state index is 12.5. The van der Waals surface area contributed by atoms with Crippen LogP contribution in [0.5, 0.6) is 0 Å². The highest BCUT2D eigenvalue weighted by Crippen LogP contribution is 2.68. The molecule has 4 aliphatic rings. The summed E-state index contributed by atoms with van der Waals surface area (Å²) in [4.78, 5) is 15.1. The van der Waals surface area contributed by atoms with E-state index in [1.54, 1.807) is 0 Å². The van der Waals surface area contributed by atoms with Crippen molar-refractivity contribution in [1.29, 1.82) is 0 Å². The van der Waals surface area contributed by atoms with Crippen LogP contribution < -0.4 is 0 Å². The van der Waals surface area contributed by atoms with Gasteiger partial charge in [-0.05, 0) is 54.3 Å². The van der Waals surface area contributed by atoms with Crippen molar-refractivity contribution in [1.82, 2.24) is 4.90 Å². The number of carbonyl (C=O) groups excluding carboxylic acids is 1. The molecule has 2 bridgehead atoms. The first-order chi connectivity index (χ1) is 10.0. The molecule has 2 heteroatoms. The Morgan fingerprint density at radius 2 is 1.82 bits per heavy atom. The van der Waals surface area contributed by atoms with Crippen LogP contribution in [0.4, 0.5) is 0 Å². The first-order valence-electron chi connectivity index (χ1n) is 9.05. The lowest BCUT2D eigenvalue weighted by Gasteiger charge is -2.39. The molecule has 122 valence electrons. The zero-order valence-corrected chi connectivity index (χ0v) is 15.1. The minimum atomic E-state index is 0.364. The fourth-order valence-electron chi connectivity index (χ4n) is 6.62. The van der Waals surface area contributed by atoms with E-state index in [4.69, 9.17) is 0 Å². The van der Waals surface area contributed by atoms with Gasteiger partial charge in [0.1, 0.15) is 0 Å². The van der Waals surface area contributed by atoms with Gasteiger partial charge in [0, 0.05) is 30.3 Å². The summed E-state index contributed by atoms with van der Waals surface area (Å²) < 4.78 is 0. The van der Waals surface area contributed by atoms with Crippen molar-refractivity contribution in [3.05, 3.63) is 11.3 Å². The van der Waals surface area contributed by atoms with E-state index in [0.717, 1.165) is 13.0 Å². The highest BCUT2D eigenvalue weighted by atomic mass is 16.1. The van der Waals surface area contributed by atoms with Crippen LogP contribution in [0.1, 0.15) is 67.2 Å². The number of carbonyl (C=O) groups is 1. The molecule has 0 aromatic heterocycles. The maximum absolute atomic E-state index is 12.5. The Balaban J connectivity index is 1.68. The molecule has 1 heterocycles. The van der Waals surface area contributed by atoms with Gasteiger partial charge >= 0.3 is 0 Å². The van der Waals surface area contributed by atoms with Crippen LogP contribution in [-0.4, -0.2) is 23.3 Å². The largest absolute Gasteiger partial charge is 0.371 e. The second kappa shape index (κ2) is 3.99. The third-order valence-electron chi connectivity index (χ3n) is 7.30. The molecule has 0 N–H and O–H groups in total. The Bertz CT molecular complexity index is 585. The van der Waals surface area contributed by atoms with Crippen molar-refractivity contribution in [3.63, 3.8) is 0 Å². The molecule has 0 spiro atoms. The first-order valence-corrected chi connectivity index (χ1v) is 9.05. The molecular weight excluding hydrogens is 270 g/mol. The molecule has 0 aromatic carbocycles. The fourth-order valence-corrected chi connectivity index (χ4v) is 6.62. The number of hydrogen-bond acceptors (Lipinski definition) is 2.